The average molecular weight is 267 g/mol. The van der Waals surface area contributed by atoms with Crippen molar-refractivity contribution in [2.45, 2.75) is 78.1 Å². The summed E-state index contributed by atoms with van der Waals surface area (Å²) in [6, 6.07) is 0. The van der Waals surface area contributed by atoms with Crippen LogP contribution < -0.4 is 40.4 Å². The minimum Gasteiger partial charge on any atom is -0.549 e. The van der Waals surface area contributed by atoms with Crippen molar-refractivity contribution in [3.05, 3.63) is 0 Å². The Kier molecular flexibility index (Phi) is 29.5. The summed E-state index contributed by atoms with van der Waals surface area (Å²) >= 11 is 0. The molecule has 3 nitrogen and oxygen atoms in total. The number of nitrogens with two attached hydrogens (primary N) is 1. The molecule has 0 atom stereocenters. The fraction of sp³-hybridized carbons (Fsp3) is 0.929. The SMILES string of the molecule is CCCCCCCCCCCC.NCC(=O)[O-].[Na+]. The Morgan fingerprint density at radius 2 is 1.06 bits per heavy atom. The zero-order chi connectivity index (χ0) is 13.4. The molecule has 0 saturated heterocycles. The van der Waals surface area contributed by atoms with E-state index in [1.54, 1.807) is 0 Å². The van der Waals surface area contributed by atoms with Crippen LogP contribution in [-0.2, 0) is 4.79 Å². The topological polar surface area (TPSA) is 66.2 Å². The maximum atomic E-state index is 9.13. The first-order valence-electron chi connectivity index (χ1n) is 7.08. The molecule has 0 spiro atoms. The summed E-state index contributed by atoms with van der Waals surface area (Å²) < 4.78 is 0. The number of carbonyl (C=O) groups excluding carboxylic acids is 1. The molecule has 0 saturated carbocycles. The van der Waals surface area contributed by atoms with Crippen molar-refractivity contribution >= 4 is 5.97 Å². The van der Waals surface area contributed by atoms with Gasteiger partial charge < -0.3 is 15.6 Å². The molecule has 4 heteroatoms. The monoisotopic (exact) mass is 267 g/mol. The van der Waals surface area contributed by atoms with Crippen molar-refractivity contribution in [3.63, 3.8) is 0 Å². The summed E-state index contributed by atoms with van der Waals surface area (Å²) in [5.74, 6) is -1.22. The largest absolute Gasteiger partial charge is 1.00 e. The Labute approximate surface area is 135 Å². The normalized spacial score (nSPS) is 9.06. The number of aliphatic carboxylic acids is 1. The fourth-order valence-corrected chi connectivity index (χ4v) is 1.56. The third-order valence-corrected chi connectivity index (χ3v) is 2.62. The molecule has 0 aromatic heterocycles. The summed E-state index contributed by atoms with van der Waals surface area (Å²) in [4.78, 5) is 9.13. The molecule has 0 unspecified atom stereocenters. The summed E-state index contributed by atoms with van der Waals surface area (Å²) in [6.45, 7) is 4.17. The maximum absolute atomic E-state index is 9.13. The molecule has 0 bridgehead atoms. The molecule has 0 aromatic rings. The standard InChI is InChI=1S/C12H26.C2H5NO2.Na/c1-3-5-7-9-11-12-10-8-6-4-2;3-1-2(4)5;/h3-12H2,1-2H3;1,3H2,(H,4,5);/q;;+1/p-1. The molecule has 0 aliphatic rings. The Morgan fingerprint density at radius 3 is 1.22 bits per heavy atom. The van der Waals surface area contributed by atoms with Crippen LogP contribution in [0, 0.1) is 0 Å². The summed E-state index contributed by atoms with van der Waals surface area (Å²) in [6.07, 6.45) is 14.4. The van der Waals surface area contributed by atoms with Crippen molar-refractivity contribution in [1.29, 1.82) is 0 Å². The average Bonchev–Trinajstić information content (AvgIpc) is 2.33. The van der Waals surface area contributed by atoms with Crippen LogP contribution in [0.3, 0.4) is 0 Å². The first kappa shape index (κ1) is 23.5. The molecule has 0 fully saturated rings. The van der Waals surface area contributed by atoms with Gasteiger partial charge in [0.25, 0.3) is 0 Å². The van der Waals surface area contributed by atoms with Gasteiger partial charge in [-0.05, 0) is 0 Å². The van der Waals surface area contributed by atoms with Crippen LogP contribution in [0.15, 0.2) is 0 Å². The molecule has 0 aliphatic carbocycles. The molecule has 0 aromatic carbocycles. The number of carboxylic acid groups (broad SMARTS) is 1. The van der Waals surface area contributed by atoms with Crippen molar-refractivity contribution in [1.82, 2.24) is 0 Å². The van der Waals surface area contributed by atoms with E-state index in [-0.39, 0.29) is 36.1 Å². The maximum Gasteiger partial charge on any atom is 1.00 e. The smallest absolute Gasteiger partial charge is 0.549 e. The van der Waals surface area contributed by atoms with Gasteiger partial charge >= 0.3 is 29.6 Å². The Bertz CT molecular complexity index is 145. The van der Waals surface area contributed by atoms with Gasteiger partial charge in [-0.25, -0.2) is 0 Å². The zero-order valence-electron chi connectivity index (χ0n) is 12.7. The van der Waals surface area contributed by atoms with Gasteiger partial charge in [-0.3, -0.25) is 0 Å². The second-order valence-corrected chi connectivity index (χ2v) is 4.40. The van der Waals surface area contributed by atoms with Gasteiger partial charge in [0.1, 0.15) is 0 Å². The van der Waals surface area contributed by atoms with Gasteiger partial charge in [0.15, 0.2) is 0 Å². The van der Waals surface area contributed by atoms with Crippen molar-refractivity contribution in [2.24, 2.45) is 5.73 Å². The molecule has 0 radical (unpaired) electrons. The van der Waals surface area contributed by atoms with E-state index in [4.69, 9.17) is 9.90 Å². The summed E-state index contributed by atoms with van der Waals surface area (Å²) in [5, 5.41) is 9.13. The second kappa shape index (κ2) is 22.6. The van der Waals surface area contributed by atoms with Crippen molar-refractivity contribution in [2.75, 3.05) is 6.54 Å². The number of unbranched alkanes of at least 4 members (excludes halogenated alkanes) is 9. The van der Waals surface area contributed by atoms with Gasteiger partial charge in [-0.2, -0.15) is 0 Å². The van der Waals surface area contributed by atoms with Gasteiger partial charge in [0.2, 0.25) is 0 Å². The third-order valence-electron chi connectivity index (χ3n) is 2.62. The van der Waals surface area contributed by atoms with E-state index in [9.17, 15) is 0 Å². The molecule has 0 amide bonds. The molecular weight excluding hydrogens is 237 g/mol. The number of rotatable bonds is 10. The van der Waals surface area contributed by atoms with E-state index in [1.807, 2.05) is 0 Å². The Morgan fingerprint density at radius 1 is 0.833 bits per heavy atom. The van der Waals surface area contributed by atoms with E-state index >= 15 is 0 Å². The van der Waals surface area contributed by atoms with E-state index in [0.717, 1.165) is 0 Å². The van der Waals surface area contributed by atoms with Gasteiger partial charge in [0.05, 0.1) is 5.97 Å². The van der Waals surface area contributed by atoms with Gasteiger partial charge in [0, 0.05) is 6.54 Å². The molecule has 0 rings (SSSR count). The predicted molar refractivity (Wildman–Crippen MR) is 71.6 cm³/mol. The number of hydrogen-bond acceptors (Lipinski definition) is 3. The van der Waals surface area contributed by atoms with Crippen molar-refractivity contribution in [3.8, 4) is 0 Å². The Hall–Kier alpha value is 0.430. The molecule has 0 aliphatic heterocycles. The molecule has 0 heterocycles. The third kappa shape index (κ3) is 29.9. The minimum atomic E-state index is -1.22. The van der Waals surface area contributed by atoms with Crippen LogP contribution in [0.4, 0.5) is 0 Å². The molecular formula is C14H30NNaO2. The molecule has 104 valence electrons. The predicted octanol–water partition coefficient (Wildman–Crippen LogP) is -0.374. The summed E-state index contributed by atoms with van der Waals surface area (Å²) in [7, 11) is 0. The Balaban J connectivity index is -0.000000321. The molecule has 2 N–H and O–H groups in total. The zero-order valence-corrected chi connectivity index (χ0v) is 14.7. The number of carboxylic acids is 1. The summed E-state index contributed by atoms with van der Waals surface area (Å²) in [5.41, 5.74) is 4.51. The number of carbonyl (C=O) groups is 1. The van der Waals surface area contributed by atoms with Crippen LogP contribution in [-0.4, -0.2) is 12.5 Å². The first-order chi connectivity index (χ1) is 8.18. The van der Waals surface area contributed by atoms with Crippen LogP contribution in [0.1, 0.15) is 78.1 Å². The van der Waals surface area contributed by atoms with Crippen LogP contribution >= 0.6 is 0 Å². The van der Waals surface area contributed by atoms with E-state index < -0.39 is 5.97 Å². The minimum absolute atomic E-state index is 0. The number of hydrogen-bond donors (Lipinski definition) is 1. The van der Waals surface area contributed by atoms with Gasteiger partial charge in [-0.15, -0.1) is 0 Å². The van der Waals surface area contributed by atoms with Gasteiger partial charge in [-0.1, -0.05) is 78.1 Å². The fourth-order valence-electron chi connectivity index (χ4n) is 1.56. The van der Waals surface area contributed by atoms with Crippen LogP contribution in [0.25, 0.3) is 0 Å². The van der Waals surface area contributed by atoms with E-state index in [0.29, 0.717) is 0 Å². The van der Waals surface area contributed by atoms with Crippen molar-refractivity contribution < 1.29 is 39.5 Å². The quantitative estimate of drug-likeness (QED) is 0.434. The van der Waals surface area contributed by atoms with Crippen LogP contribution in [0.2, 0.25) is 0 Å². The van der Waals surface area contributed by atoms with Crippen LogP contribution in [0.5, 0.6) is 0 Å². The second-order valence-electron chi connectivity index (χ2n) is 4.40. The van der Waals surface area contributed by atoms with E-state index in [2.05, 4.69) is 19.6 Å². The first-order valence-corrected chi connectivity index (χ1v) is 7.08. The van der Waals surface area contributed by atoms with E-state index in [1.165, 1.54) is 64.2 Å². The molecule has 18 heavy (non-hydrogen) atoms.